The quantitative estimate of drug-likeness (QED) is 0.832. The van der Waals surface area contributed by atoms with E-state index in [0.29, 0.717) is 21.6 Å². The maximum atomic E-state index is 11.6. The van der Waals surface area contributed by atoms with Gasteiger partial charge in [0, 0.05) is 4.47 Å². The van der Waals surface area contributed by atoms with Crippen LogP contribution in [0.25, 0.3) is 0 Å². The molecule has 1 N–H and O–H groups in total. The Labute approximate surface area is 102 Å². The molecule has 0 bridgehead atoms. The highest BCUT2D eigenvalue weighted by Gasteiger charge is 2.10. The minimum atomic E-state index is -0.218. The molecular formula is C11H9BrClNO. The van der Waals surface area contributed by atoms with Crippen LogP contribution in [0.15, 0.2) is 22.7 Å². The van der Waals surface area contributed by atoms with Crippen LogP contribution in [0.4, 0.5) is 0 Å². The van der Waals surface area contributed by atoms with Crippen molar-refractivity contribution in [2.45, 2.75) is 6.92 Å². The van der Waals surface area contributed by atoms with Crippen LogP contribution in [0.5, 0.6) is 0 Å². The molecule has 0 aliphatic heterocycles. The van der Waals surface area contributed by atoms with Crippen LogP contribution in [0, 0.1) is 11.8 Å². The number of carbonyl (C=O) groups excluding carboxylic acids is 1. The van der Waals surface area contributed by atoms with E-state index in [9.17, 15) is 4.79 Å². The summed E-state index contributed by atoms with van der Waals surface area (Å²) in [6.07, 6.45) is 0. The van der Waals surface area contributed by atoms with Crippen molar-refractivity contribution in [3.8, 4) is 11.8 Å². The SMILES string of the molecule is CC#CCNC(=O)c1cccc(Br)c1Cl. The van der Waals surface area contributed by atoms with Gasteiger partial charge in [-0.2, -0.15) is 0 Å². The summed E-state index contributed by atoms with van der Waals surface area (Å²) in [5.74, 6) is 5.22. The van der Waals surface area contributed by atoms with Crippen molar-refractivity contribution >= 4 is 33.4 Å². The third kappa shape index (κ3) is 3.26. The van der Waals surface area contributed by atoms with Crippen LogP contribution in [-0.2, 0) is 0 Å². The van der Waals surface area contributed by atoms with E-state index in [1.807, 2.05) is 0 Å². The number of hydrogen-bond acceptors (Lipinski definition) is 1. The Hall–Kier alpha value is -0.980. The Morgan fingerprint density at radius 3 is 3.00 bits per heavy atom. The van der Waals surface area contributed by atoms with Crippen molar-refractivity contribution < 1.29 is 4.79 Å². The van der Waals surface area contributed by atoms with Crippen LogP contribution in [0.1, 0.15) is 17.3 Å². The molecule has 0 saturated heterocycles. The van der Waals surface area contributed by atoms with Gasteiger partial charge in [-0.15, -0.1) is 5.92 Å². The molecule has 0 atom stereocenters. The summed E-state index contributed by atoms with van der Waals surface area (Å²) in [5.41, 5.74) is 0.448. The monoisotopic (exact) mass is 285 g/mol. The molecule has 0 radical (unpaired) electrons. The number of rotatable bonds is 2. The summed E-state index contributed by atoms with van der Waals surface area (Å²) in [4.78, 5) is 11.6. The van der Waals surface area contributed by atoms with E-state index in [1.54, 1.807) is 25.1 Å². The molecule has 0 saturated carbocycles. The van der Waals surface area contributed by atoms with E-state index in [4.69, 9.17) is 11.6 Å². The van der Waals surface area contributed by atoms with E-state index in [1.165, 1.54) is 0 Å². The summed E-state index contributed by atoms with van der Waals surface area (Å²) in [6, 6.07) is 5.21. The van der Waals surface area contributed by atoms with Gasteiger partial charge in [-0.1, -0.05) is 23.6 Å². The van der Waals surface area contributed by atoms with E-state index in [-0.39, 0.29) is 5.91 Å². The average molecular weight is 287 g/mol. The van der Waals surface area contributed by atoms with Crippen LogP contribution < -0.4 is 5.32 Å². The van der Waals surface area contributed by atoms with Crippen molar-refractivity contribution in [2.75, 3.05) is 6.54 Å². The second kappa shape index (κ2) is 5.79. The van der Waals surface area contributed by atoms with Gasteiger partial charge in [0.15, 0.2) is 0 Å². The first-order valence-corrected chi connectivity index (χ1v) is 5.45. The van der Waals surface area contributed by atoms with Crippen LogP contribution in [0.2, 0.25) is 5.02 Å². The summed E-state index contributed by atoms with van der Waals surface area (Å²) >= 11 is 9.21. The highest BCUT2D eigenvalue weighted by molar-refractivity contribution is 9.10. The summed E-state index contributed by atoms with van der Waals surface area (Å²) in [6.45, 7) is 2.05. The smallest absolute Gasteiger partial charge is 0.253 e. The molecule has 0 heterocycles. The number of carbonyl (C=O) groups is 1. The Kier molecular flexibility index (Phi) is 4.67. The Morgan fingerprint density at radius 1 is 1.60 bits per heavy atom. The second-order valence-electron chi connectivity index (χ2n) is 2.71. The lowest BCUT2D eigenvalue weighted by molar-refractivity contribution is 0.0959. The van der Waals surface area contributed by atoms with Crippen molar-refractivity contribution in [2.24, 2.45) is 0 Å². The molecule has 0 fully saturated rings. The molecule has 0 aliphatic rings. The predicted molar refractivity (Wildman–Crippen MR) is 64.9 cm³/mol. The number of halogens is 2. The van der Waals surface area contributed by atoms with E-state index < -0.39 is 0 Å². The molecule has 0 aliphatic carbocycles. The van der Waals surface area contributed by atoms with Gasteiger partial charge in [0.2, 0.25) is 0 Å². The zero-order chi connectivity index (χ0) is 11.3. The highest BCUT2D eigenvalue weighted by atomic mass is 79.9. The third-order valence-electron chi connectivity index (χ3n) is 1.71. The van der Waals surface area contributed by atoms with Gasteiger partial charge in [0.25, 0.3) is 5.91 Å². The number of benzene rings is 1. The van der Waals surface area contributed by atoms with E-state index in [2.05, 4.69) is 33.1 Å². The fourth-order valence-electron chi connectivity index (χ4n) is 0.987. The van der Waals surface area contributed by atoms with Gasteiger partial charge < -0.3 is 5.32 Å². The lowest BCUT2D eigenvalue weighted by Crippen LogP contribution is -2.23. The molecule has 78 valence electrons. The fraction of sp³-hybridized carbons (Fsp3) is 0.182. The minimum Gasteiger partial charge on any atom is -0.341 e. The van der Waals surface area contributed by atoms with Crippen molar-refractivity contribution in [3.05, 3.63) is 33.3 Å². The summed E-state index contributed by atoms with van der Waals surface area (Å²) in [5, 5.41) is 3.07. The predicted octanol–water partition coefficient (Wildman–Crippen LogP) is 2.86. The normalized spacial score (nSPS) is 9.00. The Balaban J connectivity index is 2.81. The first-order chi connectivity index (χ1) is 7.16. The largest absolute Gasteiger partial charge is 0.341 e. The molecule has 1 amide bonds. The van der Waals surface area contributed by atoms with E-state index in [0.717, 1.165) is 0 Å². The Morgan fingerprint density at radius 2 is 2.33 bits per heavy atom. The van der Waals surface area contributed by atoms with Gasteiger partial charge in [-0.3, -0.25) is 4.79 Å². The zero-order valence-corrected chi connectivity index (χ0v) is 10.4. The van der Waals surface area contributed by atoms with Gasteiger partial charge >= 0.3 is 0 Å². The van der Waals surface area contributed by atoms with Crippen LogP contribution in [-0.4, -0.2) is 12.5 Å². The molecule has 4 heteroatoms. The molecular weight excluding hydrogens is 277 g/mol. The highest BCUT2D eigenvalue weighted by Crippen LogP contribution is 2.25. The summed E-state index contributed by atoms with van der Waals surface area (Å²) in [7, 11) is 0. The maximum absolute atomic E-state index is 11.6. The number of amides is 1. The molecule has 0 spiro atoms. The van der Waals surface area contributed by atoms with Crippen molar-refractivity contribution in [3.63, 3.8) is 0 Å². The Bertz CT molecular complexity index is 434. The molecule has 1 aromatic carbocycles. The average Bonchev–Trinajstić information content (AvgIpc) is 2.22. The molecule has 0 aromatic heterocycles. The van der Waals surface area contributed by atoms with Gasteiger partial charge in [-0.25, -0.2) is 0 Å². The van der Waals surface area contributed by atoms with Gasteiger partial charge in [-0.05, 0) is 35.0 Å². The molecule has 2 nitrogen and oxygen atoms in total. The number of nitrogens with one attached hydrogen (secondary N) is 1. The number of hydrogen-bond donors (Lipinski definition) is 1. The standard InChI is InChI=1S/C11H9BrClNO/c1-2-3-7-14-11(15)8-5-4-6-9(12)10(8)13/h4-6H,7H2,1H3,(H,14,15). The summed E-state index contributed by atoms with van der Waals surface area (Å²) < 4.78 is 0.707. The topological polar surface area (TPSA) is 29.1 Å². The van der Waals surface area contributed by atoms with Crippen LogP contribution >= 0.6 is 27.5 Å². The molecule has 1 rings (SSSR count). The lowest BCUT2D eigenvalue weighted by atomic mass is 10.2. The van der Waals surface area contributed by atoms with Gasteiger partial charge in [0.1, 0.15) is 0 Å². The van der Waals surface area contributed by atoms with Crippen LogP contribution in [0.3, 0.4) is 0 Å². The fourth-order valence-corrected chi connectivity index (χ4v) is 1.57. The third-order valence-corrected chi connectivity index (χ3v) is 3.01. The van der Waals surface area contributed by atoms with Gasteiger partial charge in [0.05, 0.1) is 17.1 Å². The first-order valence-electron chi connectivity index (χ1n) is 4.28. The van der Waals surface area contributed by atoms with Crippen molar-refractivity contribution in [1.82, 2.24) is 5.32 Å². The molecule has 1 aromatic rings. The lowest BCUT2D eigenvalue weighted by Gasteiger charge is -2.04. The second-order valence-corrected chi connectivity index (χ2v) is 3.94. The zero-order valence-electron chi connectivity index (χ0n) is 8.10. The first kappa shape index (κ1) is 12.1. The maximum Gasteiger partial charge on any atom is 0.253 e. The van der Waals surface area contributed by atoms with E-state index >= 15 is 0 Å². The minimum absolute atomic E-state index is 0.218. The van der Waals surface area contributed by atoms with Crippen molar-refractivity contribution in [1.29, 1.82) is 0 Å². The molecule has 0 unspecified atom stereocenters. The molecule has 15 heavy (non-hydrogen) atoms.